The zero-order valence-corrected chi connectivity index (χ0v) is 33.7. The lowest BCUT2D eigenvalue weighted by molar-refractivity contribution is -0.387. The Balaban J connectivity index is 2.23. The maximum atomic E-state index is 13.9. The summed E-state index contributed by atoms with van der Waals surface area (Å²) in [4.78, 5) is 37.1. The van der Waals surface area contributed by atoms with Crippen molar-refractivity contribution in [2.24, 2.45) is 10.8 Å². The maximum Gasteiger partial charge on any atom is 0.289 e. The van der Waals surface area contributed by atoms with Gasteiger partial charge in [-0.25, -0.2) is 8.42 Å². The molecule has 0 fully saturated rings. The van der Waals surface area contributed by atoms with Crippen LogP contribution in [-0.4, -0.2) is 72.1 Å². The standard InChI is InChI=1S/C39H62N4O7S/c1-36(2,3)34(44)30(40-38(7,8)9)17-15-16-24-42(51(48,49)33-19-14-13-18-32(33)43(46)47)25-26-50-29-22-20-28(21-23-29)27-31(41-39(10,11)12)35(45)37(4,5)6/h13-14,18-23,30-31,40-41H,15-17,24-27H2,1-12H3. The van der Waals surface area contributed by atoms with Gasteiger partial charge in [0.25, 0.3) is 5.69 Å². The second kappa shape index (κ2) is 17.6. The first-order valence-corrected chi connectivity index (χ1v) is 19.3. The zero-order valence-electron chi connectivity index (χ0n) is 32.9. The number of unbranched alkanes of at least 4 members (excludes halogenated alkanes) is 1. The average molecular weight is 731 g/mol. The third-order valence-corrected chi connectivity index (χ3v) is 10.1. The Morgan fingerprint density at radius 3 is 1.78 bits per heavy atom. The second-order valence-corrected chi connectivity index (χ2v) is 19.3. The Bertz CT molecular complexity index is 1580. The van der Waals surface area contributed by atoms with Gasteiger partial charge >= 0.3 is 0 Å². The number of hydrogen-bond acceptors (Lipinski definition) is 9. The molecule has 0 saturated carbocycles. The number of nitrogens with zero attached hydrogens (tertiary/aromatic N) is 2. The largest absolute Gasteiger partial charge is 0.492 e. The molecule has 0 aliphatic carbocycles. The number of para-hydroxylation sites is 1. The fourth-order valence-corrected chi connectivity index (χ4v) is 7.37. The third-order valence-electron chi connectivity index (χ3n) is 8.13. The van der Waals surface area contributed by atoms with E-state index in [1.54, 1.807) is 12.1 Å². The first-order valence-electron chi connectivity index (χ1n) is 17.8. The van der Waals surface area contributed by atoms with Crippen LogP contribution in [0.4, 0.5) is 5.69 Å². The normalized spacial score (nSPS) is 14.3. The van der Waals surface area contributed by atoms with Crippen LogP contribution in [-0.2, 0) is 26.0 Å². The summed E-state index contributed by atoms with van der Waals surface area (Å²) in [5, 5.41) is 18.6. The molecule has 286 valence electrons. The molecule has 0 heterocycles. The van der Waals surface area contributed by atoms with Crippen molar-refractivity contribution < 1.29 is 27.7 Å². The highest BCUT2D eigenvalue weighted by molar-refractivity contribution is 7.89. The molecule has 11 nitrogen and oxygen atoms in total. The van der Waals surface area contributed by atoms with Gasteiger partial charge in [0.15, 0.2) is 16.5 Å². The molecule has 2 atom stereocenters. The van der Waals surface area contributed by atoms with Gasteiger partial charge in [0, 0.05) is 41.1 Å². The number of nitro benzene ring substituents is 1. The maximum absolute atomic E-state index is 13.9. The Hall–Kier alpha value is -3.19. The number of Topliss-reactive ketones (excluding diaryl/α,β-unsaturated/α-hetero) is 2. The third kappa shape index (κ3) is 14.4. The van der Waals surface area contributed by atoms with E-state index in [4.69, 9.17) is 4.74 Å². The molecule has 0 radical (unpaired) electrons. The summed E-state index contributed by atoms with van der Waals surface area (Å²) in [5.74, 6) is 0.739. The quantitative estimate of drug-likeness (QED) is 0.0929. The van der Waals surface area contributed by atoms with Gasteiger partial charge in [-0.05, 0) is 84.6 Å². The van der Waals surface area contributed by atoms with Crippen molar-refractivity contribution in [2.75, 3.05) is 19.7 Å². The van der Waals surface area contributed by atoms with E-state index in [0.29, 0.717) is 31.4 Å². The predicted molar refractivity (Wildman–Crippen MR) is 204 cm³/mol. The summed E-state index contributed by atoms with van der Waals surface area (Å²) in [6.45, 7) is 23.5. The van der Waals surface area contributed by atoms with Gasteiger partial charge in [0.05, 0.1) is 17.0 Å². The number of ether oxygens (including phenoxy) is 1. The Morgan fingerprint density at radius 2 is 1.27 bits per heavy atom. The van der Waals surface area contributed by atoms with Gasteiger partial charge in [-0.2, -0.15) is 4.31 Å². The van der Waals surface area contributed by atoms with Crippen LogP contribution in [0.15, 0.2) is 53.4 Å². The Kier molecular flexibility index (Phi) is 15.1. The van der Waals surface area contributed by atoms with E-state index in [9.17, 15) is 28.1 Å². The minimum Gasteiger partial charge on any atom is -0.492 e. The van der Waals surface area contributed by atoms with E-state index in [1.807, 2.05) is 95.2 Å². The van der Waals surface area contributed by atoms with Crippen LogP contribution in [0.5, 0.6) is 5.75 Å². The van der Waals surface area contributed by atoms with Crippen molar-refractivity contribution in [3.05, 3.63) is 64.2 Å². The smallest absolute Gasteiger partial charge is 0.289 e. The topological polar surface area (TPSA) is 148 Å². The summed E-state index contributed by atoms with van der Waals surface area (Å²) in [6, 6.07) is 11.9. The molecule has 2 N–H and O–H groups in total. The molecule has 0 aromatic heterocycles. The molecule has 0 bridgehead atoms. The SMILES string of the molecule is CC(C)(C)NC(CCCCN(CCOc1ccc(CC(NC(C)(C)C)C(=O)C(C)(C)C)cc1)S(=O)(=O)c1ccccc1[N+](=O)[O-])C(=O)C(C)(C)C. The van der Waals surface area contributed by atoms with Crippen LogP contribution >= 0.6 is 0 Å². The molecule has 0 spiro atoms. The molecule has 0 amide bonds. The van der Waals surface area contributed by atoms with Crippen LogP contribution in [0.2, 0.25) is 0 Å². The molecule has 0 aliphatic heterocycles. The van der Waals surface area contributed by atoms with Gasteiger partial charge in [-0.1, -0.05) is 72.2 Å². The molecular formula is C39H62N4O7S. The number of carbonyl (C=O) groups is 2. The van der Waals surface area contributed by atoms with Gasteiger partial charge in [-0.15, -0.1) is 0 Å². The molecule has 2 rings (SSSR count). The highest BCUT2D eigenvalue weighted by atomic mass is 32.2. The molecule has 0 aliphatic rings. The first-order chi connectivity index (χ1) is 23.2. The molecule has 2 unspecified atom stereocenters. The zero-order chi connectivity index (χ0) is 39.0. The summed E-state index contributed by atoms with van der Waals surface area (Å²) in [5.41, 5.74) is -1.14. The van der Waals surface area contributed by atoms with Crippen molar-refractivity contribution in [3.63, 3.8) is 0 Å². The van der Waals surface area contributed by atoms with Crippen molar-refractivity contribution in [1.29, 1.82) is 0 Å². The summed E-state index contributed by atoms with van der Waals surface area (Å²) in [7, 11) is -4.27. The van der Waals surface area contributed by atoms with E-state index in [2.05, 4.69) is 10.6 Å². The van der Waals surface area contributed by atoms with Gasteiger partial charge in [-0.3, -0.25) is 19.7 Å². The number of nitrogens with one attached hydrogen (secondary N) is 2. The number of ketones is 2. The van der Waals surface area contributed by atoms with Gasteiger partial charge in [0.2, 0.25) is 10.0 Å². The summed E-state index contributed by atoms with van der Waals surface area (Å²) < 4.78 is 35.0. The molecule has 0 saturated heterocycles. The van der Waals surface area contributed by atoms with Crippen molar-refractivity contribution in [2.45, 2.75) is 137 Å². The monoisotopic (exact) mass is 730 g/mol. The fraction of sp³-hybridized carbons (Fsp3) is 0.641. The predicted octanol–water partition coefficient (Wildman–Crippen LogP) is 7.12. The second-order valence-electron chi connectivity index (χ2n) is 17.4. The van der Waals surface area contributed by atoms with Gasteiger partial charge in [0.1, 0.15) is 12.4 Å². The number of rotatable bonds is 18. The number of benzene rings is 2. The molecule has 51 heavy (non-hydrogen) atoms. The van der Waals surface area contributed by atoms with Crippen LogP contribution in [0, 0.1) is 20.9 Å². The lowest BCUT2D eigenvalue weighted by atomic mass is 9.83. The summed E-state index contributed by atoms with van der Waals surface area (Å²) >= 11 is 0. The Labute approximate surface area is 306 Å². The van der Waals surface area contributed by atoms with Crippen molar-refractivity contribution in [3.8, 4) is 5.75 Å². The van der Waals surface area contributed by atoms with E-state index >= 15 is 0 Å². The number of hydrogen-bond donors (Lipinski definition) is 2. The van der Waals surface area contributed by atoms with Crippen molar-refractivity contribution >= 4 is 27.3 Å². The molecule has 12 heteroatoms. The minimum absolute atomic E-state index is 0.00658. The van der Waals surface area contributed by atoms with E-state index in [0.717, 1.165) is 5.56 Å². The van der Waals surface area contributed by atoms with E-state index in [1.165, 1.54) is 28.6 Å². The minimum atomic E-state index is -4.27. The first kappa shape index (κ1) is 44.0. The van der Waals surface area contributed by atoms with E-state index in [-0.39, 0.29) is 53.3 Å². The lowest BCUT2D eigenvalue weighted by Gasteiger charge is -2.32. The lowest BCUT2D eigenvalue weighted by Crippen LogP contribution is -2.51. The van der Waals surface area contributed by atoms with Crippen LogP contribution in [0.25, 0.3) is 0 Å². The van der Waals surface area contributed by atoms with Gasteiger partial charge < -0.3 is 15.4 Å². The highest BCUT2D eigenvalue weighted by Crippen LogP contribution is 2.28. The highest BCUT2D eigenvalue weighted by Gasteiger charge is 2.34. The number of sulfonamides is 1. The molecule has 2 aromatic rings. The van der Waals surface area contributed by atoms with E-state index < -0.39 is 37.5 Å². The fourth-order valence-electron chi connectivity index (χ4n) is 5.75. The molecule has 2 aromatic carbocycles. The van der Waals surface area contributed by atoms with Crippen molar-refractivity contribution in [1.82, 2.24) is 14.9 Å². The molecular weight excluding hydrogens is 669 g/mol. The summed E-state index contributed by atoms with van der Waals surface area (Å²) in [6.07, 6.45) is 2.01. The Morgan fingerprint density at radius 1 is 0.765 bits per heavy atom. The van der Waals surface area contributed by atoms with Crippen LogP contribution < -0.4 is 15.4 Å². The average Bonchev–Trinajstić information content (AvgIpc) is 2.99. The number of nitro groups is 1. The van der Waals surface area contributed by atoms with Crippen LogP contribution in [0.1, 0.15) is 108 Å². The number of carbonyl (C=O) groups excluding carboxylic acids is 2. The van der Waals surface area contributed by atoms with Crippen LogP contribution in [0.3, 0.4) is 0 Å².